The van der Waals surface area contributed by atoms with Crippen molar-refractivity contribution in [3.8, 4) is 0 Å². The molecule has 0 saturated carbocycles. The van der Waals surface area contributed by atoms with Gasteiger partial charge in [-0.1, -0.05) is 19.9 Å². The first-order chi connectivity index (χ1) is 12.0. The van der Waals surface area contributed by atoms with E-state index in [2.05, 4.69) is 11.0 Å². The van der Waals surface area contributed by atoms with Crippen molar-refractivity contribution in [3.05, 3.63) is 12.7 Å². The summed E-state index contributed by atoms with van der Waals surface area (Å²) in [5.41, 5.74) is 0. The van der Waals surface area contributed by atoms with Crippen molar-refractivity contribution in [2.75, 3.05) is 13.2 Å². The summed E-state index contributed by atoms with van der Waals surface area (Å²) in [7, 11) is -1.25. The van der Waals surface area contributed by atoms with Crippen LogP contribution < -0.4 is 0 Å². The molecule has 0 bridgehead atoms. The lowest BCUT2D eigenvalue weighted by molar-refractivity contribution is -0.148. The highest BCUT2D eigenvalue weighted by Crippen LogP contribution is 2.12. The van der Waals surface area contributed by atoms with Gasteiger partial charge in [0.2, 0.25) is 0 Å². The third kappa shape index (κ3) is 13.8. The van der Waals surface area contributed by atoms with Gasteiger partial charge < -0.3 is 9.47 Å². The minimum atomic E-state index is -1.25. The molecule has 3 atom stereocenters. The van der Waals surface area contributed by atoms with Crippen molar-refractivity contribution in [3.63, 3.8) is 0 Å². The number of esters is 2. The first-order valence-electron chi connectivity index (χ1n) is 8.89. The van der Waals surface area contributed by atoms with E-state index in [1.54, 1.807) is 33.1 Å². The minimum Gasteiger partial charge on any atom is -0.466 e. The summed E-state index contributed by atoms with van der Waals surface area (Å²) in [5.74, 6) is -0.656. The van der Waals surface area contributed by atoms with Crippen molar-refractivity contribution in [2.24, 2.45) is 16.2 Å². The number of ether oxygens (including phenoxy) is 2. The fourth-order valence-corrected chi connectivity index (χ4v) is 1.98. The second-order valence-corrected chi connectivity index (χ2v) is 8.65. The van der Waals surface area contributed by atoms with Crippen LogP contribution in [0.5, 0.6) is 0 Å². The van der Waals surface area contributed by atoms with Gasteiger partial charge in [0.25, 0.3) is 0 Å². The molecule has 0 saturated heterocycles. The van der Waals surface area contributed by atoms with Gasteiger partial charge in [-0.2, -0.15) is 4.40 Å². The molecular weight excluding hydrogens is 354 g/mol. The Morgan fingerprint density at radius 1 is 1.04 bits per heavy atom. The maximum absolute atomic E-state index is 11.5. The molecule has 0 N–H and O–H groups in total. The Balaban J connectivity index is 0. The zero-order valence-corrected chi connectivity index (χ0v) is 18.1. The van der Waals surface area contributed by atoms with Gasteiger partial charge in [0.15, 0.2) is 0 Å². The molecule has 3 unspecified atom stereocenters. The predicted octanol–water partition coefficient (Wildman–Crippen LogP) is 3.87. The predicted molar refractivity (Wildman–Crippen MR) is 107 cm³/mol. The topological polar surface area (TPSA) is 82.0 Å². The van der Waals surface area contributed by atoms with Crippen LogP contribution in [0.1, 0.15) is 61.3 Å². The van der Waals surface area contributed by atoms with Gasteiger partial charge in [0.1, 0.15) is 11.0 Å². The standard InChI is InChI=1S/C11H21NO3S.C8H14O2/c1-6-15-10(13)9(2)7-8-12-16(14)11(3,4)5;1-4-6-7(3)8(9)10-5-2/h8-9H,6-7H2,1-5H3;4,7H,1,5-6H2,2-3H3. The third-order valence-corrected chi connectivity index (χ3v) is 4.44. The molecule has 0 spiro atoms. The van der Waals surface area contributed by atoms with Crippen molar-refractivity contribution in [1.29, 1.82) is 0 Å². The van der Waals surface area contributed by atoms with E-state index in [-0.39, 0.29) is 28.5 Å². The Morgan fingerprint density at radius 2 is 1.46 bits per heavy atom. The molecule has 7 heteroatoms. The minimum absolute atomic E-state index is 0.0440. The normalized spacial score (nSPS) is 14.6. The summed E-state index contributed by atoms with van der Waals surface area (Å²) in [4.78, 5) is 22.1. The Morgan fingerprint density at radius 3 is 1.81 bits per heavy atom. The molecule has 0 aromatic rings. The maximum Gasteiger partial charge on any atom is 0.309 e. The van der Waals surface area contributed by atoms with E-state index >= 15 is 0 Å². The molecule has 0 aromatic heterocycles. The first-order valence-corrected chi connectivity index (χ1v) is 10.00. The number of carbonyl (C=O) groups is 2. The van der Waals surface area contributed by atoms with Gasteiger partial charge in [-0.3, -0.25) is 9.59 Å². The number of carbonyl (C=O) groups excluding carboxylic acids is 2. The molecule has 152 valence electrons. The van der Waals surface area contributed by atoms with Crippen LogP contribution >= 0.6 is 0 Å². The fraction of sp³-hybridized carbons (Fsp3) is 0.737. The molecule has 6 nitrogen and oxygen atoms in total. The summed E-state index contributed by atoms with van der Waals surface area (Å²) in [6.07, 6.45) is 4.42. The SMILES string of the molecule is C=CCC(C)C(=O)OCC.CCOC(=O)C(C)CC=NS(=O)C(C)(C)C. The Bertz CT molecular complexity index is 483. The van der Waals surface area contributed by atoms with Crippen molar-refractivity contribution >= 4 is 29.1 Å². The average Bonchev–Trinajstić information content (AvgIpc) is 2.55. The van der Waals surface area contributed by atoms with E-state index in [0.29, 0.717) is 26.1 Å². The van der Waals surface area contributed by atoms with Crippen molar-refractivity contribution in [1.82, 2.24) is 0 Å². The molecule has 0 rings (SSSR count). The van der Waals surface area contributed by atoms with Gasteiger partial charge in [-0.05, 0) is 47.5 Å². The number of allylic oxidation sites excluding steroid dienone is 1. The summed E-state index contributed by atoms with van der Waals surface area (Å²) in [6.45, 7) is 17.1. The zero-order valence-electron chi connectivity index (χ0n) is 17.2. The third-order valence-electron chi connectivity index (χ3n) is 3.05. The van der Waals surface area contributed by atoms with E-state index in [0.717, 1.165) is 0 Å². The lowest BCUT2D eigenvalue weighted by Crippen LogP contribution is -2.20. The number of hydrogen-bond acceptors (Lipinski definition) is 5. The highest BCUT2D eigenvalue weighted by molar-refractivity contribution is 7.85. The van der Waals surface area contributed by atoms with E-state index in [1.807, 2.05) is 27.7 Å². The van der Waals surface area contributed by atoms with Crippen LogP contribution in [0.25, 0.3) is 0 Å². The number of nitrogens with zero attached hydrogens (tertiary/aromatic N) is 1. The fourth-order valence-electron chi connectivity index (χ4n) is 1.44. The van der Waals surface area contributed by atoms with Crippen LogP contribution in [0, 0.1) is 11.8 Å². The van der Waals surface area contributed by atoms with Gasteiger partial charge in [0, 0.05) is 6.21 Å². The molecule has 0 aliphatic heterocycles. The van der Waals surface area contributed by atoms with Gasteiger partial charge in [-0.15, -0.1) is 6.58 Å². The first kappa shape index (κ1) is 26.7. The average molecular weight is 390 g/mol. The monoisotopic (exact) mass is 389 g/mol. The van der Waals surface area contributed by atoms with Crippen molar-refractivity contribution in [2.45, 2.75) is 66.1 Å². The molecule has 0 amide bonds. The summed E-state index contributed by atoms with van der Waals surface area (Å²) in [5, 5.41) is 0. The second kappa shape index (κ2) is 14.6. The summed E-state index contributed by atoms with van der Waals surface area (Å²) >= 11 is 0. The van der Waals surface area contributed by atoms with Crippen LogP contribution in [0.3, 0.4) is 0 Å². The largest absolute Gasteiger partial charge is 0.466 e. The van der Waals surface area contributed by atoms with E-state index < -0.39 is 11.0 Å². The van der Waals surface area contributed by atoms with E-state index in [1.165, 1.54) is 0 Å². The van der Waals surface area contributed by atoms with Gasteiger partial charge >= 0.3 is 11.9 Å². The molecule has 0 aromatic carbocycles. The Hall–Kier alpha value is -1.50. The second-order valence-electron chi connectivity index (χ2n) is 6.72. The lowest BCUT2D eigenvalue weighted by Gasteiger charge is -2.13. The quantitative estimate of drug-likeness (QED) is 0.340. The highest BCUT2D eigenvalue weighted by Gasteiger charge is 2.18. The Labute approximate surface area is 161 Å². The summed E-state index contributed by atoms with van der Waals surface area (Å²) in [6, 6.07) is 0. The molecule has 0 aliphatic carbocycles. The zero-order chi connectivity index (χ0) is 20.8. The maximum atomic E-state index is 11.5. The molecule has 0 fully saturated rings. The van der Waals surface area contributed by atoms with Crippen LogP contribution in [-0.4, -0.2) is 40.3 Å². The van der Waals surface area contributed by atoms with Crippen LogP contribution in [0.4, 0.5) is 0 Å². The van der Waals surface area contributed by atoms with Crippen molar-refractivity contribution < 1.29 is 23.3 Å². The van der Waals surface area contributed by atoms with E-state index in [4.69, 9.17) is 9.47 Å². The molecule has 0 radical (unpaired) electrons. The van der Waals surface area contributed by atoms with E-state index in [9.17, 15) is 13.8 Å². The smallest absolute Gasteiger partial charge is 0.309 e. The molecule has 0 aliphatic rings. The van der Waals surface area contributed by atoms with Gasteiger partial charge in [-0.25, -0.2) is 4.21 Å². The van der Waals surface area contributed by atoms with Crippen LogP contribution in [0.15, 0.2) is 17.1 Å². The molecular formula is C19H35NO5S. The van der Waals surface area contributed by atoms with Gasteiger partial charge in [0.05, 0.1) is 29.8 Å². The Kier molecular flexibility index (Phi) is 15.1. The molecule has 0 heterocycles. The van der Waals surface area contributed by atoms with Crippen LogP contribution in [-0.2, 0) is 30.0 Å². The highest BCUT2D eigenvalue weighted by atomic mass is 32.2. The summed E-state index contributed by atoms with van der Waals surface area (Å²) < 4.78 is 24.7. The number of hydrogen-bond donors (Lipinski definition) is 0. The number of rotatable bonds is 9. The van der Waals surface area contributed by atoms with Crippen LogP contribution in [0.2, 0.25) is 0 Å². The lowest BCUT2D eigenvalue weighted by atomic mass is 10.1. The molecule has 26 heavy (non-hydrogen) atoms.